The molecule has 1 rings (SSSR count). The third-order valence-electron chi connectivity index (χ3n) is 3.49. The van der Waals surface area contributed by atoms with E-state index < -0.39 is 0 Å². The lowest BCUT2D eigenvalue weighted by molar-refractivity contribution is -0.0350. The van der Waals surface area contributed by atoms with Crippen LogP contribution in [-0.2, 0) is 4.74 Å². The summed E-state index contributed by atoms with van der Waals surface area (Å²) in [6, 6.07) is 0.438. The van der Waals surface area contributed by atoms with Gasteiger partial charge in [-0.25, -0.2) is 0 Å². The highest BCUT2D eigenvalue weighted by atomic mass is 16.5. The van der Waals surface area contributed by atoms with Crippen LogP contribution in [0, 0.1) is 0 Å². The summed E-state index contributed by atoms with van der Waals surface area (Å²) in [5.74, 6) is 0. The van der Waals surface area contributed by atoms with E-state index in [2.05, 4.69) is 25.7 Å². The molecule has 0 heterocycles. The maximum Gasteiger partial charge on any atom is 0.0834 e. The van der Waals surface area contributed by atoms with Crippen molar-refractivity contribution in [3.05, 3.63) is 12.2 Å². The number of ether oxygens (including phenoxy) is 1. The SMILES string of the molecule is C=C(C)CC(NCC)C1(OC)CCCC1. The lowest BCUT2D eigenvalue weighted by atomic mass is 9.87. The summed E-state index contributed by atoms with van der Waals surface area (Å²) in [7, 11) is 1.86. The molecule has 1 unspecified atom stereocenters. The number of hydrogen-bond acceptors (Lipinski definition) is 2. The Morgan fingerprint density at radius 3 is 2.47 bits per heavy atom. The molecule has 1 saturated carbocycles. The Balaban J connectivity index is 2.70. The van der Waals surface area contributed by atoms with Gasteiger partial charge in [0.25, 0.3) is 0 Å². The van der Waals surface area contributed by atoms with Gasteiger partial charge in [0.05, 0.1) is 5.60 Å². The fraction of sp³-hybridized carbons (Fsp3) is 0.846. The number of methoxy groups -OCH3 is 1. The van der Waals surface area contributed by atoms with E-state index in [1.54, 1.807) is 0 Å². The van der Waals surface area contributed by atoms with Gasteiger partial charge in [0.2, 0.25) is 0 Å². The number of hydrogen-bond donors (Lipinski definition) is 1. The fourth-order valence-electron chi connectivity index (χ4n) is 2.71. The van der Waals surface area contributed by atoms with Gasteiger partial charge < -0.3 is 10.1 Å². The van der Waals surface area contributed by atoms with Crippen molar-refractivity contribution in [1.82, 2.24) is 5.32 Å². The zero-order valence-corrected chi connectivity index (χ0v) is 10.4. The average Bonchev–Trinajstić information content (AvgIpc) is 2.66. The summed E-state index contributed by atoms with van der Waals surface area (Å²) < 4.78 is 5.81. The summed E-state index contributed by atoms with van der Waals surface area (Å²) in [6.07, 6.45) is 6.00. The fourth-order valence-corrected chi connectivity index (χ4v) is 2.71. The van der Waals surface area contributed by atoms with Crippen LogP contribution in [0.5, 0.6) is 0 Å². The predicted molar refractivity (Wildman–Crippen MR) is 65.1 cm³/mol. The minimum Gasteiger partial charge on any atom is -0.377 e. The second kappa shape index (κ2) is 5.66. The van der Waals surface area contributed by atoms with Gasteiger partial charge in [-0.2, -0.15) is 0 Å². The van der Waals surface area contributed by atoms with E-state index in [0.717, 1.165) is 13.0 Å². The van der Waals surface area contributed by atoms with Crippen molar-refractivity contribution in [3.8, 4) is 0 Å². The van der Waals surface area contributed by atoms with Crippen LogP contribution >= 0.6 is 0 Å². The van der Waals surface area contributed by atoms with Gasteiger partial charge in [0.15, 0.2) is 0 Å². The van der Waals surface area contributed by atoms with E-state index in [0.29, 0.717) is 6.04 Å². The minimum absolute atomic E-state index is 0.0644. The molecule has 2 heteroatoms. The molecular weight excluding hydrogens is 186 g/mol. The molecule has 0 saturated heterocycles. The smallest absolute Gasteiger partial charge is 0.0834 e. The second-order valence-electron chi connectivity index (χ2n) is 4.75. The topological polar surface area (TPSA) is 21.3 Å². The van der Waals surface area contributed by atoms with E-state index >= 15 is 0 Å². The lowest BCUT2D eigenvalue weighted by Crippen LogP contribution is -2.50. The predicted octanol–water partition coefficient (Wildman–Crippen LogP) is 2.89. The van der Waals surface area contributed by atoms with Gasteiger partial charge in [-0.1, -0.05) is 25.3 Å². The van der Waals surface area contributed by atoms with Crippen LogP contribution in [0.3, 0.4) is 0 Å². The zero-order chi connectivity index (χ0) is 11.3. The molecule has 1 N–H and O–H groups in total. The molecule has 0 spiro atoms. The number of rotatable bonds is 6. The molecule has 0 bridgehead atoms. The van der Waals surface area contributed by atoms with Crippen LogP contribution in [0.1, 0.15) is 46.0 Å². The summed E-state index contributed by atoms with van der Waals surface area (Å²) in [6.45, 7) is 9.28. The molecule has 2 nitrogen and oxygen atoms in total. The first-order valence-electron chi connectivity index (χ1n) is 6.07. The Bertz CT molecular complexity index is 207. The highest BCUT2D eigenvalue weighted by molar-refractivity contribution is 5.03. The molecule has 1 fully saturated rings. The Hall–Kier alpha value is -0.340. The van der Waals surface area contributed by atoms with Crippen LogP contribution in [-0.4, -0.2) is 25.3 Å². The molecular formula is C13H25NO. The molecule has 0 aliphatic heterocycles. The van der Waals surface area contributed by atoms with Crippen molar-refractivity contribution >= 4 is 0 Å². The molecule has 1 atom stereocenters. The van der Waals surface area contributed by atoms with Crippen molar-refractivity contribution in [3.63, 3.8) is 0 Å². The van der Waals surface area contributed by atoms with Gasteiger partial charge >= 0.3 is 0 Å². The first-order valence-corrected chi connectivity index (χ1v) is 6.07. The minimum atomic E-state index is 0.0644. The molecule has 0 radical (unpaired) electrons. The van der Waals surface area contributed by atoms with Crippen LogP contribution in [0.2, 0.25) is 0 Å². The molecule has 1 aliphatic carbocycles. The first kappa shape index (κ1) is 12.7. The quantitative estimate of drug-likeness (QED) is 0.682. The van der Waals surface area contributed by atoms with E-state index in [-0.39, 0.29) is 5.60 Å². The highest BCUT2D eigenvalue weighted by Gasteiger charge is 2.40. The van der Waals surface area contributed by atoms with Crippen LogP contribution in [0.25, 0.3) is 0 Å². The zero-order valence-electron chi connectivity index (χ0n) is 10.4. The van der Waals surface area contributed by atoms with Crippen LogP contribution in [0.15, 0.2) is 12.2 Å². The molecule has 0 aromatic carbocycles. The van der Waals surface area contributed by atoms with Crippen LogP contribution in [0.4, 0.5) is 0 Å². The highest BCUT2D eigenvalue weighted by Crippen LogP contribution is 2.37. The Kier molecular flexibility index (Phi) is 4.81. The van der Waals surface area contributed by atoms with Crippen molar-refractivity contribution in [2.75, 3.05) is 13.7 Å². The van der Waals surface area contributed by atoms with Gasteiger partial charge in [-0.15, -0.1) is 6.58 Å². The summed E-state index contributed by atoms with van der Waals surface area (Å²) >= 11 is 0. The Morgan fingerprint density at radius 1 is 1.47 bits per heavy atom. The second-order valence-corrected chi connectivity index (χ2v) is 4.75. The third kappa shape index (κ3) is 3.05. The maximum absolute atomic E-state index is 5.81. The maximum atomic E-state index is 5.81. The van der Waals surface area contributed by atoms with E-state index in [9.17, 15) is 0 Å². The Morgan fingerprint density at radius 2 is 2.07 bits per heavy atom. The van der Waals surface area contributed by atoms with E-state index in [1.807, 2.05) is 7.11 Å². The van der Waals surface area contributed by atoms with E-state index in [1.165, 1.54) is 31.3 Å². The van der Waals surface area contributed by atoms with Gasteiger partial charge in [0.1, 0.15) is 0 Å². The average molecular weight is 211 g/mol. The monoisotopic (exact) mass is 211 g/mol. The van der Waals surface area contributed by atoms with Gasteiger partial charge in [-0.3, -0.25) is 0 Å². The molecule has 1 aliphatic rings. The van der Waals surface area contributed by atoms with E-state index in [4.69, 9.17) is 4.74 Å². The number of nitrogens with one attached hydrogen (secondary N) is 1. The molecule has 0 aromatic rings. The van der Waals surface area contributed by atoms with Crippen molar-refractivity contribution < 1.29 is 4.74 Å². The first-order chi connectivity index (χ1) is 7.14. The van der Waals surface area contributed by atoms with Gasteiger partial charge in [-0.05, 0) is 32.7 Å². The summed E-state index contributed by atoms with van der Waals surface area (Å²) in [5, 5.41) is 3.56. The van der Waals surface area contributed by atoms with Gasteiger partial charge in [0, 0.05) is 13.2 Å². The molecule has 15 heavy (non-hydrogen) atoms. The third-order valence-corrected chi connectivity index (χ3v) is 3.49. The standard InChI is InChI=1S/C13H25NO/c1-5-14-12(10-11(2)3)13(15-4)8-6-7-9-13/h12,14H,2,5-10H2,1,3-4H3. The van der Waals surface area contributed by atoms with Crippen molar-refractivity contribution in [2.24, 2.45) is 0 Å². The summed E-state index contributed by atoms with van der Waals surface area (Å²) in [5.41, 5.74) is 1.30. The number of likely N-dealkylation sites (N-methyl/N-ethyl adjacent to an activating group) is 1. The molecule has 88 valence electrons. The Labute approximate surface area is 94.1 Å². The van der Waals surface area contributed by atoms with Crippen LogP contribution < -0.4 is 5.32 Å². The lowest BCUT2D eigenvalue weighted by Gasteiger charge is -2.37. The molecule has 0 aromatic heterocycles. The normalized spacial score (nSPS) is 21.5. The van der Waals surface area contributed by atoms with Crippen molar-refractivity contribution in [1.29, 1.82) is 0 Å². The summed E-state index contributed by atoms with van der Waals surface area (Å²) in [4.78, 5) is 0. The molecule has 0 amide bonds. The largest absolute Gasteiger partial charge is 0.377 e. The van der Waals surface area contributed by atoms with Crippen molar-refractivity contribution in [2.45, 2.75) is 57.6 Å².